The number of anilines is 2. The van der Waals surface area contributed by atoms with Gasteiger partial charge in [-0.3, -0.25) is 0 Å². The quantitative estimate of drug-likeness (QED) is 0.765. The van der Waals surface area contributed by atoms with Crippen LogP contribution in [0.15, 0.2) is 18.2 Å². The van der Waals surface area contributed by atoms with Crippen molar-refractivity contribution < 1.29 is 9.90 Å². The van der Waals surface area contributed by atoms with Crippen molar-refractivity contribution in [3.63, 3.8) is 0 Å². The number of nitrogens with two attached hydrogens (primary N) is 1. The lowest BCUT2D eigenvalue weighted by atomic mass is 10.1. The van der Waals surface area contributed by atoms with Gasteiger partial charge in [-0.2, -0.15) is 11.8 Å². The molecule has 0 aromatic heterocycles. The first-order valence-electron chi connectivity index (χ1n) is 5.14. The van der Waals surface area contributed by atoms with E-state index in [1.165, 1.54) is 0 Å². The molecule has 0 radical (unpaired) electrons. The van der Waals surface area contributed by atoms with Crippen molar-refractivity contribution in [1.82, 2.24) is 0 Å². The molecule has 1 fully saturated rings. The SMILES string of the molecule is Nc1ccc(N2CCSCC2)cc1C(=O)O. The summed E-state index contributed by atoms with van der Waals surface area (Å²) in [6.07, 6.45) is 0. The summed E-state index contributed by atoms with van der Waals surface area (Å²) >= 11 is 1.92. The first-order valence-corrected chi connectivity index (χ1v) is 6.29. The number of nitrogens with zero attached hydrogens (tertiary/aromatic N) is 1. The van der Waals surface area contributed by atoms with Gasteiger partial charge in [0.2, 0.25) is 0 Å². The molecule has 1 saturated heterocycles. The third kappa shape index (κ3) is 2.24. The maximum Gasteiger partial charge on any atom is 0.337 e. The Hall–Kier alpha value is -1.36. The van der Waals surface area contributed by atoms with Crippen LogP contribution in [0, 0.1) is 0 Å². The zero-order chi connectivity index (χ0) is 11.5. The molecule has 1 heterocycles. The molecule has 1 aliphatic heterocycles. The van der Waals surface area contributed by atoms with Gasteiger partial charge in [-0.1, -0.05) is 0 Å². The lowest BCUT2D eigenvalue weighted by molar-refractivity contribution is 0.0698. The van der Waals surface area contributed by atoms with E-state index in [-0.39, 0.29) is 5.56 Å². The number of nitrogen functional groups attached to an aromatic ring is 1. The highest BCUT2D eigenvalue weighted by atomic mass is 32.2. The van der Waals surface area contributed by atoms with E-state index in [0.717, 1.165) is 30.3 Å². The van der Waals surface area contributed by atoms with E-state index < -0.39 is 5.97 Å². The predicted molar refractivity (Wildman–Crippen MR) is 67.4 cm³/mol. The predicted octanol–water partition coefficient (Wildman–Crippen LogP) is 1.52. The zero-order valence-electron chi connectivity index (χ0n) is 8.85. The van der Waals surface area contributed by atoms with Crippen LogP contribution in [-0.4, -0.2) is 35.7 Å². The Bertz CT molecular complexity index is 403. The second-order valence-electron chi connectivity index (χ2n) is 3.68. The van der Waals surface area contributed by atoms with E-state index in [1.807, 2.05) is 17.8 Å². The van der Waals surface area contributed by atoms with Crippen LogP contribution in [0.25, 0.3) is 0 Å². The molecular weight excluding hydrogens is 224 g/mol. The highest BCUT2D eigenvalue weighted by Crippen LogP contribution is 2.23. The van der Waals surface area contributed by atoms with Crippen LogP contribution in [0.3, 0.4) is 0 Å². The van der Waals surface area contributed by atoms with Gasteiger partial charge in [0, 0.05) is 36.0 Å². The Morgan fingerprint density at radius 3 is 2.69 bits per heavy atom. The molecule has 0 atom stereocenters. The minimum atomic E-state index is -0.967. The number of thioether (sulfide) groups is 1. The second kappa shape index (κ2) is 4.65. The van der Waals surface area contributed by atoms with Crippen LogP contribution in [0.4, 0.5) is 11.4 Å². The number of carbonyl (C=O) groups is 1. The Labute approximate surface area is 98.4 Å². The number of carboxylic acids is 1. The molecule has 0 unspecified atom stereocenters. The topological polar surface area (TPSA) is 66.6 Å². The number of benzene rings is 1. The molecule has 1 aliphatic rings. The van der Waals surface area contributed by atoms with Crippen molar-refractivity contribution in [1.29, 1.82) is 0 Å². The summed E-state index contributed by atoms with van der Waals surface area (Å²) in [7, 11) is 0. The highest BCUT2D eigenvalue weighted by Gasteiger charge is 2.14. The van der Waals surface area contributed by atoms with Crippen molar-refractivity contribution in [2.45, 2.75) is 0 Å². The third-order valence-electron chi connectivity index (χ3n) is 2.64. The molecule has 0 saturated carbocycles. The van der Waals surface area contributed by atoms with Gasteiger partial charge in [0.15, 0.2) is 0 Å². The molecule has 0 bridgehead atoms. The van der Waals surface area contributed by atoms with Crippen molar-refractivity contribution in [3.05, 3.63) is 23.8 Å². The molecule has 5 heteroatoms. The average molecular weight is 238 g/mol. The second-order valence-corrected chi connectivity index (χ2v) is 4.90. The molecule has 0 aliphatic carbocycles. The molecule has 3 N–H and O–H groups in total. The van der Waals surface area contributed by atoms with E-state index in [4.69, 9.17) is 10.8 Å². The fourth-order valence-electron chi connectivity index (χ4n) is 1.75. The van der Waals surface area contributed by atoms with Crippen molar-refractivity contribution >= 4 is 29.1 Å². The summed E-state index contributed by atoms with van der Waals surface area (Å²) in [4.78, 5) is 13.2. The molecule has 16 heavy (non-hydrogen) atoms. The lowest BCUT2D eigenvalue weighted by Crippen LogP contribution is -2.32. The largest absolute Gasteiger partial charge is 0.478 e. The van der Waals surface area contributed by atoms with Crippen molar-refractivity contribution in [2.75, 3.05) is 35.2 Å². The first-order chi connectivity index (χ1) is 7.68. The zero-order valence-corrected chi connectivity index (χ0v) is 9.67. The number of hydrogen-bond donors (Lipinski definition) is 2. The fourth-order valence-corrected chi connectivity index (χ4v) is 2.65. The summed E-state index contributed by atoms with van der Waals surface area (Å²) in [5, 5.41) is 8.99. The van der Waals surface area contributed by atoms with Crippen LogP contribution in [-0.2, 0) is 0 Å². The van der Waals surface area contributed by atoms with E-state index >= 15 is 0 Å². The summed E-state index contributed by atoms with van der Waals surface area (Å²) < 4.78 is 0. The molecule has 1 aromatic carbocycles. The summed E-state index contributed by atoms with van der Waals surface area (Å²) in [5.74, 6) is 1.21. The van der Waals surface area contributed by atoms with Gasteiger partial charge in [0.25, 0.3) is 0 Å². The van der Waals surface area contributed by atoms with E-state index in [2.05, 4.69) is 4.90 Å². The lowest BCUT2D eigenvalue weighted by Gasteiger charge is -2.28. The van der Waals surface area contributed by atoms with Crippen LogP contribution in [0.5, 0.6) is 0 Å². The van der Waals surface area contributed by atoms with Gasteiger partial charge < -0.3 is 15.7 Å². The minimum absolute atomic E-state index is 0.190. The van der Waals surface area contributed by atoms with Gasteiger partial charge in [0.05, 0.1) is 5.56 Å². The standard InChI is InChI=1S/C11H14N2O2S/c12-10-2-1-8(7-9(10)11(14)15)13-3-5-16-6-4-13/h1-2,7H,3-6,12H2,(H,14,15). The Morgan fingerprint density at radius 2 is 2.06 bits per heavy atom. The van der Waals surface area contributed by atoms with Crippen LogP contribution >= 0.6 is 11.8 Å². The Kier molecular flexibility index (Phi) is 3.24. The molecule has 4 nitrogen and oxygen atoms in total. The average Bonchev–Trinajstić information content (AvgIpc) is 2.30. The fraction of sp³-hybridized carbons (Fsp3) is 0.364. The van der Waals surface area contributed by atoms with Crippen LogP contribution in [0.2, 0.25) is 0 Å². The molecular formula is C11H14N2O2S. The maximum absolute atomic E-state index is 11.0. The van der Waals surface area contributed by atoms with E-state index in [1.54, 1.807) is 12.1 Å². The highest BCUT2D eigenvalue weighted by molar-refractivity contribution is 7.99. The molecule has 0 spiro atoms. The van der Waals surface area contributed by atoms with E-state index in [0.29, 0.717) is 5.69 Å². The maximum atomic E-state index is 11.0. The number of carboxylic acid groups (broad SMARTS) is 1. The smallest absolute Gasteiger partial charge is 0.337 e. The van der Waals surface area contributed by atoms with Crippen LogP contribution < -0.4 is 10.6 Å². The van der Waals surface area contributed by atoms with Crippen molar-refractivity contribution in [3.8, 4) is 0 Å². The van der Waals surface area contributed by atoms with Crippen LogP contribution in [0.1, 0.15) is 10.4 Å². The normalized spacial score (nSPS) is 16.1. The minimum Gasteiger partial charge on any atom is -0.478 e. The summed E-state index contributed by atoms with van der Waals surface area (Å²) in [5.41, 5.74) is 7.08. The van der Waals surface area contributed by atoms with Gasteiger partial charge in [-0.25, -0.2) is 4.79 Å². The van der Waals surface area contributed by atoms with Gasteiger partial charge in [-0.15, -0.1) is 0 Å². The molecule has 86 valence electrons. The number of aromatic carboxylic acids is 1. The Morgan fingerprint density at radius 1 is 1.38 bits per heavy atom. The van der Waals surface area contributed by atoms with Gasteiger partial charge >= 0.3 is 5.97 Å². The first kappa shape index (κ1) is 11.1. The van der Waals surface area contributed by atoms with E-state index in [9.17, 15) is 4.79 Å². The monoisotopic (exact) mass is 238 g/mol. The van der Waals surface area contributed by atoms with Gasteiger partial charge in [0.1, 0.15) is 0 Å². The van der Waals surface area contributed by atoms with Gasteiger partial charge in [-0.05, 0) is 18.2 Å². The third-order valence-corrected chi connectivity index (χ3v) is 3.59. The van der Waals surface area contributed by atoms with Crippen molar-refractivity contribution in [2.24, 2.45) is 0 Å². The Balaban J connectivity index is 2.27. The molecule has 2 rings (SSSR count). The summed E-state index contributed by atoms with van der Waals surface area (Å²) in [6, 6.07) is 5.21. The molecule has 1 aromatic rings. The number of hydrogen-bond acceptors (Lipinski definition) is 4. The molecule has 0 amide bonds. The summed E-state index contributed by atoms with van der Waals surface area (Å²) in [6.45, 7) is 1.93. The number of rotatable bonds is 2.